The number of aromatic nitrogens is 5. The zero-order valence-corrected chi connectivity index (χ0v) is 24.2. The molecule has 2 aliphatic rings. The summed E-state index contributed by atoms with van der Waals surface area (Å²) >= 11 is 0. The van der Waals surface area contributed by atoms with E-state index in [1.807, 2.05) is 47.7 Å². The molecule has 4 heterocycles. The normalized spacial score (nSPS) is 17.6. The second-order valence-corrected chi connectivity index (χ2v) is 11.7. The average Bonchev–Trinajstić information content (AvgIpc) is 3.65. The van der Waals surface area contributed by atoms with Gasteiger partial charge in [0.1, 0.15) is 17.2 Å². The van der Waals surface area contributed by atoms with Crippen molar-refractivity contribution in [3.8, 4) is 0 Å². The highest BCUT2D eigenvalue weighted by atomic mass is 19.1. The van der Waals surface area contributed by atoms with E-state index < -0.39 is 5.60 Å². The van der Waals surface area contributed by atoms with E-state index in [1.165, 1.54) is 0 Å². The first kappa shape index (κ1) is 27.6. The molecule has 1 saturated carbocycles. The van der Waals surface area contributed by atoms with Crippen LogP contribution >= 0.6 is 0 Å². The zero-order chi connectivity index (χ0) is 28.8. The fourth-order valence-electron chi connectivity index (χ4n) is 4.82. The second-order valence-electron chi connectivity index (χ2n) is 11.7. The van der Waals surface area contributed by atoms with Gasteiger partial charge < -0.3 is 25.2 Å². The minimum Gasteiger partial charge on any atom is -0.444 e. The summed E-state index contributed by atoms with van der Waals surface area (Å²) in [6.45, 7) is 12.9. The molecule has 214 valence electrons. The zero-order valence-electron chi connectivity index (χ0n) is 24.2. The van der Waals surface area contributed by atoms with Crippen LogP contribution in [0.1, 0.15) is 63.4 Å². The molecule has 0 spiro atoms. The molecule has 12 heteroatoms. The Labute approximate surface area is 234 Å². The lowest BCUT2D eigenvalue weighted by Crippen LogP contribution is -2.55. The highest BCUT2D eigenvalue weighted by molar-refractivity contribution is 5.73. The van der Waals surface area contributed by atoms with Gasteiger partial charge in [0, 0.05) is 44.5 Å². The first-order valence-corrected chi connectivity index (χ1v) is 13.7. The van der Waals surface area contributed by atoms with Crippen molar-refractivity contribution in [1.29, 1.82) is 0 Å². The molecule has 2 N–H and O–H groups in total. The van der Waals surface area contributed by atoms with E-state index in [1.54, 1.807) is 28.8 Å². The minimum atomic E-state index is -0.556. The van der Waals surface area contributed by atoms with Gasteiger partial charge in [0.05, 0.1) is 17.6 Å². The molecule has 3 aromatic rings. The Morgan fingerprint density at radius 1 is 1.10 bits per heavy atom. The number of anilines is 5. The quantitative estimate of drug-likeness (QED) is 0.428. The summed E-state index contributed by atoms with van der Waals surface area (Å²) in [5.41, 5.74) is 2.26. The van der Waals surface area contributed by atoms with Crippen LogP contribution in [0.25, 0.3) is 0 Å². The number of amides is 1. The van der Waals surface area contributed by atoms with Crippen molar-refractivity contribution < 1.29 is 13.9 Å². The maximum Gasteiger partial charge on any atom is 0.410 e. The molecular weight excluding hydrogens is 513 g/mol. The van der Waals surface area contributed by atoms with Crippen molar-refractivity contribution in [2.24, 2.45) is 7.05 Å². The van der Waals surface area contributed by atoms with E-state index in [0.29, 0.717) is 54.3 Å². The molecule has 11 nitrogen and oxygen atoms in total. The Morgan fingerprint density at radius 3 is 2.48 bits per heavy atom. The fraction of sp³-hybridized carbons (Fsp3) is 0.536. The second kappa shape index (κ2) is 10.5. The van der Waals surface area contributed by atoms with Crippen molar-refractivity contribution in [1.82, 2.24) is 29.6 Å². The van der Waals surface area contributed by atoms with Gasteiger partial charge in [-0.25, -0.2) is 19.2 Å². The smallest absolute Gasteiger partial charge is 0.410 e. The van der Waals surface area contributed by atoms with Crippen LogP contribution in [0.3, 0.4) is 0 Å². The van der Waals surface area contributed by atoms with Crippen LogP contribution < -0.4 is 15.5 Å². The molecule has 1 amide bonds. The summed E-state index contributed by atoms with van der Waals surface area (Å²) in [6, 6.07) is 3.61. The van der Waals surface area contributed by atoms with Gasteiger partial charge in [-0.15, -0.1) is 0 Å². The van der Waals surface area contributed by atoms with Crippen LogP contribution in [-0.2, 0) is 11.8 Å². The molecule has 3 aromatic heterocycles. The molecule has 5 rings (SSSR count). The number of ether oxygens (including phenoxy) is 1. The van der Waals surface area contributed by atoms with E-state index in [9.17, 15) is 9.18 Å². The lowest BCUT2D eigenvalue weighted by Gasteiger charge is -2.41. The largest absolute Gasteiger partial charge is 0.444 e. The highest BCUT2D eigenvalue weighted by Gasteiger charge is 2.32. The minimum absolute atomic E-state index is 0.0846. The van der Waals surface area contributed by atoms with Crippen LogP contribution in [0.2, 0.25) is 0 Å². The van der Waals surface area contributed by atoms with Gasteiger partial charge in [-0.3, -0.25) is 4.68 Å². The number of hydrogen-bond acceptors (Lipinski definition) is 9. The molecule has 0 aromatic carbocycles. The van der Waals surface area contributed by atoms with Gasteiger partial charge in [0.2, 0.25) is 5.95 Å². The van der Waals surface area contributed by atoms with Crippen LogP contribution in [0.5, 0.6) is 0 Å². The van der Waals surface area contributed by atoms with Crippen molar-refractivity contribution in [2.75, 3.05) is 35.2 Å². The summed E-state index contributed by atoms with van der Waals surface area (Å²) < 4.78 is 22.0. The van der Waals surface area contributed by atoms with Gasteiger partial charge in [0.25, 0.3) is 0 Å². The number of pyridine rings is 1. The first-order chi connectivity index (χ1) is 18.9. The SMILES string of the molecule is Cc1nc(Nc2ncc(N3CCN(C(=O)OC(C)(C)C)[C@H](C)C3)c(Nc3cc(C)n(C)n3)n2)cc(C2CC2)c1F. The summed E-state index contributed by atoms with van der Waals surface area (Å²) in [4.78, 5) is 30.4. The predicted octanol–water partition coefficient (Wildman–Crippen LogP) is 5.17. The number of piperazine rings is 1. The molecular formula is C28H38FN9O2. The monoisotopic (exact) mass is 551 g/mol. The number of nitrogens with zero attached hydrogens (tertiary/aromatic N) is 7. The van der Waals surface area contributed by atoms with Crippen LogP contribution in [-0.4, -0.2) is 67.0 Å². The van der Waals surface area contributed by atoms with Crippen LogP contribution in [0, 0.1) is 19.7 Å². The number of rotatable bonds is 6. The maximum atomic E-state index is 14.6. The Morgan fingerprint density at radius 2 is 1.85 bits per heavy atom. The van der Waals surface area contributed by atoms with Crippen molar-refractivity contribution >= 4 is 35.2 Å². The van der Waals surface area contributed by atoms with Gasteiger partial charge >= 0.3 is 6.09 Å². The molecule has 0 unspecified atom stereocenters. The standard InChI is InChI=1S/C28H38FN9O2/c1-16-12-23(35-36(16)7)32-25-21(37-10-11-38(17(2)15-37)27(39)40-28(4,5)6)14-30-26(34-25)33-22-13-20(19-8-9-19)24(29)18(3)31-22/h12-14,17,19H,8-11,15H2,1-7H3,(H2,30,31,32,33,34,35)/t17-/m1/s1. The topological polar surface area (TPSA) is 113 Å². The maximum absolute atomic E-state index is 14.6. The van der Waals surface area contributed by atoms with Gasteiger partial charge in [0.15, 0.2) is 11.6 Å². The Balaban J connectivity index is 1.41. The third-order valence-electron chi connectivity index (χ3n) is 7.13. The number of hydrogen-bond donors (Lipinski definition) is 2. The summed E-state index contributed by atoms with van der Waals surface area (Å²) in [6.07, 6.45) is 3.41. The lowest BCUT2D eigenvalue weighted by atomic mass is 10.1. The van der Waals surface area contributed by atoms with E-state index in [0.717, 1.165) is 24.2 Å². The molecule has 1 aliphatic heterocycles. The molecule has 2 fully saturated rings. The van der Waals surface area contributed by atoms with Gasteiger partial charge in [-0.2, -0.15) is 10.1 Å². The van der Waals surface area contributed by atoms with E-state index in [2.05, 4.69) is 30.6 Å². The molecule has 0 bridgehead atoms. The Hall–Kier alpha value is -3.96. The Bertz CT molecular complexity index is 1390. The Kier molecular flexibility index (Phi) is 7.28. The number of carbonyl (C=O) groups is 1. The molecule has 1 saturated heterocycles. The van der Waals surface area contributed by atoms with Crippen molar-refractivity contribution in [3.05, 3.63) is 41.1 Å². The number of halogens is 1. The summed E-state index contributed by atoms with van der Waals surface area (Å²) in [5.74, 6) is 2.06. The molecule has 1 atom stereocenters. The first-order valence-electron chi connectivity index (χ1n) is 13.7. The van der Waals surface area contributed by atoms with Crippen LogP contribution in [0.15, 0.2) is 18.3 Å². The third-order valence-corrected chi connectivity index (χ3v) is 7.13. The van der Waals surface area contributed by atoms with E-state index in [-0.39, 0.29) is 23.9 Å². The van der Waals surface area contributed by atoms with Crippen molar-refractivity contribution in [2.45, 2.75) is 71.9 Å². The van der Waals surface area contributed by atoms with Gasteiger partial charge in [-0.1, -0.05) is 0 Å². The number of aryl methyl sites for hydroxylation is 3. The third kappa shape index (κ3) is 6.10. The van der Waals surface area contributed by atoms with Crippen molar-refractivity contribution in [3.63, 3.8) is 0 Å². The van der Waals surface area contributed by atoms with Crippen LogP contribution in [0.4, 0.5) is 38.3 Å². The summed E-state index contributed by atoms with van der Waals surface area (Å²) in [5, 5.41) is 11.0. The highest BCUT2D eigenvalue weighted by Crippen LogP contribution is 2.42. The number of carbonyl (C=O) groups excluding carboxylic acids is 1. The fourth-order valence-corrected chi connectivity index (χ4v) is 4.82. The number of nitrogens with one attached hydrogen (secondary N) is 2. The van der Waals surface area contributed by atoms with E-state index >= 15 is 0 Å². The van der Waals surface area contributed by atoms with E-state index in [4.69, 9.17) is 9.72 Å². The molecule has 40 heavy (non-hydrogen) atoms. The summed E-state index contributed by atoms with van der Waals surface area (Å²) in [7, 11) is 1.88. The lowest BCUT2D eigenvalue weighted by molar-refractivity contribution is 0.0159. The van der Waals surface area contributed by atoms with Gasteiger partial charge in [-0.05, 0) is 71.9 Å². The average molecular weight is 552 g/mol. The molecule has 0 radical (unpaired) electrons. The predicted molar refractivity (Wildman–Crippen MR) is 152 cm³/mol. The molecule has 1 aliphatic carbocycles.